The van der Waals surface area contributed by atoms with Gasteiger partial charge in [0.2, 0.25) is 5.91 Å². The first kappa shape index (κ1) is 17.6. The zero-order valence-electron chi connectivity index (χ0n) is 14.5. The monoisotopic (exact) mass is 358 g/mol. The van der Waals surface area contributed by atoms with Gasteiger partial charge < -0.3 is 9.64 Å². The number of aryl methyl sites for hydroxylation is 2. The van der Waals surface area contributed by atoms with Crippen LogP contribution in [0.15, 0.2) is 28.7 Å². The van der Waals surface area contributed by atoms with Crippen molar-refractivity contribution in [3.8, 4) is 0 Å². The molecule has 1 fully saturated rings. The van der Waals surface area contributed by atoms with Crippen molar-refractivity contribution in [3.05, 3.63) is 46.0 Å². The number of thiazole rings is 1. The largest absolute Gasteiger partial charge is 0.378 e. The number of nitrogens with one attached hydrogen (secondary N) is 1. The minimum absolute atomic E-state index is 0.166. The SMILES string of the molecule is Cc1ccc(C)c(/C=N\NC(=O)Cc2csc(N3CCOCC3)n2)c1. The van der Waals surface area contributed by atoms with Crippen LogP contribution in [-0.2, 0) is 16.0 Å². The van der Waals surface area contributed by atoms with Crippen molar-refractivity contribution in [2.75, 3.05) is 31.2 Å². The molecule has 0 atom stereocenters. The second kappa shape index (κ2) is 8.22. The molecule has 132 valence electrons. The molecule has 1 aromatic heterocycles. The van der Waals surface area contributed by atoms with Crippen LogP contribution in [-0.4, -0.2) is 43.4 Å². The summed E-state index contributed by atoms with van der Waals surface area (Å²) < 4.78 is 5.34. The standard InChI is InChI=1S/C18H22N4O2S/c1-13-3-4-14(2)15(9-13)11-19-21-17(23)10-16-12-25-18(20-16)22-5-7-24-8-6-22/h3-4,9,11-12H,5-8,10H2,1-2H3,(H,21,23)/b19-11-. The first-order valence-corrected chi connectivity index (χ1v) is 9.16. The number of benzene rings is 1. The summed E-state index contributed by atoms with van der Waals surface area (Å²) in [6, 6.07) is 6.14. The molecule has 7 heteroatoms. The molecule has 3 rings (SSSR count). The number of carbonyl (C=O) groups excluding carboxylic acids is 1. The predicted octanol–water partition coefficient (Wildman–Crippen LogP) is 2.29. The maximum Gasteiger partial charge on any atom is 0.246 e. The lowest BCUT2D eigenvalue weighted by Gasteiger charge is -2.26. The van der Waals surface area contributed by atoms with Crippen LogP contribution in [0.4, 0.5) is 5.13 Å². The molecule has 6 nitrogen and oxygen atoms in total. The molecule has 25 heavy (non-hydrogen) atoms. The zero-order chi connectivity index (χ0) is 17.6. The molecule has 1 aliphatic heterocycles. The summed E-state index contributed by atoms with van der Waals surface area (Å²) in [6.45, 7) is 7.19. The van der Waals surface area contributed by atoms with Crippen molar-refractivity contribution < 1.29 is 9.53 Å². The molecule has 1 aromatic carbocycles. The van der Waals surface area contributed by atoms with Gasteiger partial charge in [0, 0.05) is 18.5 Å². The fourth-order valence-electron chi connectivity index (χ4n) is 2.55. The van der Waals surface area contributed by atoms with E-state index in [0.717, 1.165) is 53.8 Å². The highest BCUT2D eigenvalue weighted by atomic mass is 32.1. The van der Waals surface area contributed by atoms with E-state index in [4.69, 9.17) is 4.74 Å². The van der Waals surface area contributed by atoms with Gasteiger partial charge in [0.1, 0.15) is 0 Å². The molecule has 0 spiro atoms. The van der Waals surface area contributed by atoms with Crippen LogP contribution in [0.25, 0.3) is 0 Å². The maximum absolute atomic E-state index is 12.0. The highest BCUT2D eigenvalue weighted by molar-refractivity contribution is 7.13. The van der Waals surface area contributed by atoms with Gasteiger partial charge in [-0.15, -0.1) is 11.3 Å². The Morgan fingerprint density at radius 2 is 2.20 bits per heavy atom. The van der Waals surface area contributed by atoms with Gasteiger partial charge in [-0.3, -0.25) is 4.79 Å². The molecule has 0 saturated carbocycles. The quantitative estimate of drug-likeness (QED) is 0.658. The molecule has 1 aliphatic rings. The van der Waals surface area contributed by atoms with Crippen LogP contribution in [0.5, 0.6) is 0 Å². The Balaban J connectivity index is 1.53. The third-order valence-corrected chi connectivity index (χ3v) is 4.94. The second-order valence-corrected chi connectivity index (χ2v) is 6.89. The number of nitrogens with zero attached hydrogens (tertiary/aromatic N) is 3. The fraction of sp³-hybridized carbons (Fsp3) is 0.389. The Kier molecular flexibility index (Phi) is 5.78. The summed E-state index contributed by atoms with van der Waals surface area (Å²) in [5.74, 6) is -0.166. The molecule has 1 amide bonds. The van der Waals surface area contributed by atoms with Gasteiger partial charge in [-0.25, -0.2) is 10.4 Å². The van der Waals surface area contributed by atoms with Crippen molar-refractivity contribution in [2.24, 2.45) is 5.10 Å². The molecule has 0 unspecified atom stereocenters. The zero-order valence-corrected chi connectivity index (χ0v) is 15.3. The Morgan fingerprint density at radius 1 is 1.40 bits per heavy atom. The summed E-state index contributed by atoms with van der Waals surface area (Å²) >= 11 is 1.56. The molecule has 2 aromatic rings. The van der Waals surface area contributed by atoms with E-state index < -0.39 is 0 Å². The van der Waals surface area contributed by atoms with Crippen molar-refractivity contribution in [3.63, 3.8) is 0 Å². The van der Waals surface area contributed by atoms with Crippen LogP contribution in [0.1, 0.15) is 22.4 Å². The number of rotatable bonds is 5. The third kappa shape index (κ3) is 4.87. The van der Waals surface area contributed by atoms with E-state index >= 15 is 0 Å². The van der Waals surface area contributed by atoms with E-state index in [0.29, 0.717) is 0 Å². The first-order chi connectivity index (χ1) is 12.1. The Bertz CT molecular complexity index is 766. The first-order valence-electron chi connectivity index (χ1n) is 8.28. The maximum atomic E-state index is 12.0. The molecular formula is C18H22N4O2S. The van der Waals surface area contributed by atoms with Crippen LogP contribution >= 0.6 is 11.3 Å². The van der Waals surface area contributed by atoms with Gasteiger partial charge in [0.25, 0.3) is 0 Å². The minimum Gasteiger partial charge on any atom is -0.378 e. The second-order valence-electron chi connectivity index (χ2n) is 6.05. The van der Waals surface area contributed by atoms with Crippen molar-refractivity contribution in [1.82, 2.24) is 10.4 Å². The van der Waals surface area contributed by atoms with E-state index in [-0.39, 0.29) is 12.3 Å². The highest BCUT2D eigenvalue weighted by Gasteiger charge is 2.15. The Hall–Kier alpha value is -2.25. The van der Waals surface area contributed by atoms with Gasteiger partial charge in [0.05, 0.1) is 31.5 Å². The number of carbonyl (C=O) groups is 1. The molecule has 0 radical (unpaired) electrons. The van der Waals surface area contributed by atoms with Crippen LogP contribution in [0.2, 0.25) is 0 Å². The van der Waals surface area contributed by atoms with Gasteiger partial charge in [-0.05, 0) is 25.0 Å². The number of hydrogen-bond donors (Lipinski definition) is 1. The normalized spacial score (nSPS) is 14.9. The van der Waals surface area contributed by atoms with E-state index in [2.05, 4.69) is 26.5 Å². The van der Waals surface area contributed by atoms with Crippen LogP contribution in [0.3, 0.4) is 0 Å². The molecule has 2 heterocycles. The van der Waals surface area contributed by atoms with Crippen LogP contribution in [0, 0.1) is 13.8 Å². The number of anilines is 1. The van der Waals surface area contributed by atoms with E-state index in [9.17, 15) is 4.79 Å². The average Bonchev–Trinajstić information content (AvgIpc) is 3.07. The summed E-state index contributed by atoms with van der Waals surface area (Å²) in [6.07, 6.45) is 1.91. The summed E-state index contributed by atoms with van der Waals surface area (Å²) in [5.41, 5.74) is 6.64. The Morgan fingerprint density at radius 3 is 3.00 bits per heavy atom. The number of morpholine rings is 1. The Labute approximate surface area is 151 Å². The topological polar surface area (TPSA) is 66.8 Å². The molecule has 0 bridgehead atoms. The van der Waals surface area contributed by atoms with Crippen molar-refractivity contribution in [1.29, 1.82) is 0 Å². The molecule has 1 saturated heterocycles. The van der Waals surface area contributed by atoms with Crippen LogP contribution < -0.4 is 10.3 Å². The van der Waals surface area contributed by atoms with Gasteiger partial charge in [-0.1, -0.05) is 23.8 Å². The predicted molar refractivity (Wildman–Crippen MR) is 101 cm³/mol. The minimum atomic E-state index is -0.166. The van der Waals surface area contributed by atoms with Gasteiger partial charge in [0.15, 0.2) is 5.13 Å². The number of ether oxygens (including phenoxy) is 1. The van der Waals surface area contributed by atoms with Gasteiger partial charge in [-0.2, -0.15) is 5.10 Å². The number of amides is 1. The lowest BCUT2D eigenvalue weighted by atomic mass is 10.1. The number of hydrazone groups is 1. The van der Waals surface area contributed by atoms with E-state index in [1.807, 2.05) is 31.4 Å². The summed E-state index contributed by atoms with van der Waals surface area (Å²) in [4.78, 5) is 18.8. The summed E-state index contributed by atoms with van der Waals surface area (Å²) in [5, 5.41) is 6.94. The highest BCUT2D eigenvalue weighted by Crippen LogP contribution is 2.21. The third-order valence-electron chi connectivity index (χ3n) is 3.99. The number of aromatic nitrogens is 1. The molecule has 0 aliphatic carbocycles. The fourth-order valence-corrected chi connectivity index (χ4v) is 3.43. The lowest BCUT2D eigenvalue weighted by molar-refractivity contribution is -0.120. The van der Waals surface area contributed by atoms with Crippen molar-refractivity contribution in [2.45, 2.75) is 20.3 Å². The molecule has 1 N–H and O–H groups in total. The van der Waals surface area contributed by atoms with Crippen molar-refractivity contribution >= 4 is 28.6 Å². The van der Waals surface area contributed by atoms with E-state index in [1.54, 1.807) is 17.6 Å². The smallest absolute Gasteiger partial charge is 0.246 e. The number of hydrogen-bond acceptors (Lipinski definition) is 6. The van der Waals surface area contributed by atoms with Gasteiger partial charge >= 0.3 is 0 Å². The molecular weight excluding hydrogens is 336 g/mol. The lowest BCUT2D eigenvalue weighted by Crippen LogP contribution is -2.36. The average molecular weight is 358 g/mol. The van der Waals surface area contributed by atoms with E-state index in [1.165, 1.54) is 0 Å². The summed E-state index contributed by atoms with van der Waals surface area (Å²) in [7, 11) is 0.